The number of nitrogens with zero attached hydrogens (tertiary/aromatic N) is 3. The van der Waals surface area contributed by atoms with Crippen LogP contribution in [0.5, 0.6) is 0 Å². The van der Waals surface area contributed by atoms with E-state index < -0.39 is 0 Å². The van der Waals surface area contributed by atoms with Crippen LogP contribution in [0.1, 0.15) is 18.6 Å². The molecule has 1 heterocycles. The molecule has 238 valence electrons. The summed E-state index contributed by atoms with van der Waals surface area (Å²) in [6, 6.07) is 61.8. The second-order valence-corrected chi connectivity index (χ2v) is 12.4. The number of hydrogen-bond donors (Lipinski definition) is 0. The van der Waals surface area contributed by atoms with Crippen molar-refractivity contribution in [1.82, 2.24) is 15.0 Å². The van der Waals surface area contributed by atoms with Gasteiger partial charge in [0.1, 0.15) is 0 Å². The SMILES string of the molecule is C.c1ccc(-c2ccc(-c3cccc4c3Cc3c(-c5cccc(-c6nc(-c7ccccc7)nc(-c7ccccc7)n6)c5)cccc3-4)cc2)cc1. The molecule has 3 heteroatoms. The zero-order chi connectivity index (χ0) is 32.6. The lowest BCUT2D eigenvalue weighted by Gasteiger charge is -2.12. The Labute approximate surface area is 293 Å². The molecule has 1 aliphatic carbocycles. The Morgan fingerprint density at radius 3 is 1.18 bits per heavy atom. The molecule has 7 aromatic carbocycles. The summed E-state index contributed by atoms with van der Waals surface area (Å²) < 4.78 is 0. The molecule has 0 unspecified atom stereocenters. The summed E-state index contributed by atoms with van der Waals surface area (Å²) in [5, 5.41) is 0. The van der Waals surface area contributed by atoms with Gasteiger partial charge < -0.3 is 0 Å². The van der Waals surface area contributed by atoms with Crippen molar-refractivity contribution in [3.8, 4) is 78.7 Å². The highest BCUT2D eigenvalue weighted by molar-refractivity contribution is 5.90. The zero-order valence-corrected chi connectivity index (χ0v) is 26.8. The fourth-order valence-corrected chi connectivity index (χ4v) is 7.01. The molecule has 9 rings (SSSR count). The van der Waals surface area contributed by atoms with E-state index in [0.29, 0.717) is 17.5 Å². The van der Waals surface area contributed by atoms with Gasteiger partial charge in [0, 0.05) is 16.7 Å². The minimum absolute atomic E-state index is 0. The van der Waals surface area contributed by atoms with Gasteiger partial charge in [0.25, 0.3) is 0 Å². The quantitative estimate of drug-likeness (QED) is 0.181. The summed E-state index contributed by atoms with van der Waals surface area (Å²) in [6.07, 6.45) is 0.879. The van der Waals surface area contributed by atoms with Crippen molar-refractivity contribution in [2.45, 2.75) is 13.8 Å². The molecule has 0 fully saturated rings. The van der Waals surface area contributed by atoms with Gasteiger partial charge in [-0.15, -0.1) is 0 Å². The topological polar surface area (TPSA) is 38.7 Å². The molecule has 3 nitrogen and oxygen atoms in total. The third-order valence-corrected chi connectivity index (χ3v) is 9.43. The zero-order valence-electron chi connectivity index (χ0n) is 26.8. The highest BCUT2D eigenvalue weighted by atomic mass is 15.0. The molecular weight excluding hydrogens is 607 g/mol. The smallest absolute Gasteiger partial charge is 0.164 e. The van der Waals surface area contributed by atoms with Gasteiger partial charge in [0.2, 0.25) is 0 Å². The minimum Gasteiger partial charge on any atom is -0.208 e. The van der Waals surface area contributed by atoms with Gasteiger partial charge in [-0.25, -0.2) is 15.0 Å². The number of benzene rings is 7. The van der Waals surface area contributed by atoms with Crippen LogP contribution in [0.3, 0.4) is 0 Å². The van der Waals surface area contributed by atoms with Crippen LogP contribution in [0.2, 0.25) is 0 Å². The molecule has 0 radical (unpaired) electrons. The molecule has 0 spiro atoms. The third-order valence-electron chi connectivity index (χ3n) is 9.43. The first-order valence-electron chi connectivity index (χ1n) is 16.7. The van der Waals surface area contributed by atoms with E-state index in [1.807, 2.05) is 60.7 Å². The maximum atomic E-state index is 4.99. The van der Waals surface area contributed by atoms with E-state index in [1.165, 1.54) is 50.1 Å². The second kappa shape index (κ2) is 13.2. The van der Waals surface area contributed by atoms with Crippen molar-refractivity contribution in [1.29, 1.82) is 0 Å². The van der Waals surface area contributed by atoms with Crippen molar-refractivity contribution in [3.05, 3.63) is 187 Å². The standard InChI is InChI=1S/C46H31N3.CH4/c1-4-13-31(14-5-1)32-25-27-33(28-26-32)38-21-11-23-40-41-24-12-22-39(43(41)30-42(38)40)36-19-10-20-37(29-36)46-48-44(34-15-6-2-7-16-34)47-45(49-46)35-17-8-3-9-18-35;/h1-29H,30H2;1H4. The molecule has 8 aromatic rings. The molecule has 0 aliphatic heterocycles. The largest absolute Gasteiger partial charge is 0.208 e. The van der Waals surface area contributed by atoms with Crippen molar-refractivity contribution >= 4 is 0 Å². The van der Waals surface area contributed by atoms with Crippen LogP contribution in [-0.4, -0.2) is 15.0 Å². The summed E-state index contributed by atoms with van der Waals surface area (Å²) in [5.74, 6) is 1.98. The summed E-state index contributed by atoms with van der Waals surface area (Å²) in [7, 11) is 0. The second-order valence-electron chi connectivity index (χ2n) is 12.4. The van der Waals surface area contributed by atoms with Crippen LogP contribution >= 0.6 is 0 Å². The molecule has 0 atom stereocenters. The minimum atomic E-state index is 0. The van der Waals surface area contributed by atoms with Crippen molar-refractivity contribution in [2.24, 2.45) is 0 Å². The molecule has 0 N–H and O–H groups in total. The van der Waals surface area contributed by atoms with E-state index in [0.717, 1.165) is 28.7 Å². The Morgan fingerprint density at radius 1 is 0.280 bits per heavy atom. The fourth-order valence-electron chi connectivity index (χ4n) is 7.01. The van der Waals surface area contributed by atoms with Crippen molar-refractivity contribution in [3.63, 3.8) is 0 Å². The average Bonchev–Trinajstić information content (AvgIpc) is 3.58. The predicted octanol–water partition coefficient (Wildman–Crippen LogP) is 12.1. The molecule has 0 bridgehead atoms. The van der Waals surface area contributed by atoms with Crippen molar-refractivity contribution in [2.75, 3.05) is 0 Å². The molecule has 50 heavy (non-hydrogen) atoms. The third kappa shape index (κ3) is 5.69. The summed E-state index contributed by atoms with van der Waals surface area (Å²) in [5.41, 5.74) is 15.6. The first-order valence-corrected chi connectivity index (χ1v) is 16.7. The van der Waals surface area contributed by atoms with Gasteiger partial charge in [-0.3, -0.25) is 0 Å². The Hall–Kier alpha value is -6.45. The molecule has 0 saturated carbocycles. The van der Waals surface area contributed by atoms with Gasteiger partial charge in [-0.1, -0.05) is 177 Å². The number of hydrogen-bond acceptors (Lipinski definition) is 3. The monoisotopic (exact) mass is 641 g/mol. The van der Waals surface area contributed by atoms with Crippen LogP contribution in [0, 0.1) is 0 Å². The normalized spacial score (nSPS) is 11.4. The van der Waals surface area contributed by atoms with Gasteiger partial charge in [0.15, 0.2) is 17.5 Å². The van der Waals surface area contributed by atoms with Crippen molar-refractivity contribution < 1.29 is 0 Å². The lowest BCUT2D eigenvalue weighted by Crippen LogP contribution is -2.00. The maximum Gasteiger partial charge on any atom is 0.164 e. The lowest BCUT2D eigenvalue weighted by molar-refractivity contribution is 1.07. The van der Waals surface area contributed by atoms with E-state index in [2.05, 4.69) is 115 Å². The average molecular weight is 642 g/mol. The Balaban J connectivity index is 0.00000361. The van der Waals surface area contributed by atoms with Crippen LogP contribution < -0.4 is 0 Å². The fraction of sp³-hybridized carbons (Fsp3) is 0.0426. The maximum absolute atomic E-state index is 4.99. The van der Waals surface area contributed by atoms with Crippen LogP contribution in [0.25, 0.3) is 78.7 Å². The van der Waals surface area contributed by atoms with Gasteiger partial charge in [-0.05, 0) is 68.1 Å². The van der Waals surface area contributed by atoms with Gasteiger partial charge in [-0.2, -0.15) is 0 Å². The van der Waals surface area contributed by atoms with Crippen LogP contribution in [0.4, 0.5) is 0 Å². The first kappa shape index (κ1) is 30.9. The van der Waals surface area contributed by atoms with Crippen LogP contribution in [0.15, 0.2) is 176 Å². The molecule has 1 aromatic heterocycles. The van der Waals surface area contributed by atoms with E-state index in [9.17, 15) is 0 Å². The van der Waals surface area contributed by atoms with E-state index in [1.54, 1.807) is 0 Å². The summed E-state index contributed by atoms with van der Waals surface area (Å²) >= 11 is 0. The predicted molar refractivity (Wildman–Crippen MR) is 207 cm³/mol. The highest BCUT2D eigenvalue weighted by Crippen LogP contribution is 2.45. The van der Waals surface area contributed by atoms with Crippen LogP contribution in [-0.2, 0) is 6.42 Å². The molecule has 1 aliphatic rings. The van der Waals surface area contributed by atoms with Gasteiger partial charge >= 0.3 is 0 Å². The highest BCUT2D eigenvalue weighted by Gasteiger charge is 2.24. The molecule has 0 saturated heterocycles. The first-order chi connectivity index (χ1) is 24.3. The molecule has 0 amide bonds. The number of aromatic nitrogens is 3. The Kier molecular flexibility index (Phi) is 8.16. The summed E-state index contributed by atoms with van der Waals surface area (Å²) in [4.78, 5) is 14.9. The van der Waals surface area contributed by atoms with Gasteiger partial charge in [0.05, 0.1) is 0 Å². The molecular formula is C47H35N3. The summed E-state index contributed by atoms with van der Waals surface area (Å²) in [6.45, 7) is 0. The lowest BCUT2D eigenvalue weighted by atomic mass is 9.94. The van der Waals surface area contributed by atoms with E-state index >= 15 is 0 Å². The van der Waals surface area contributed by atoms with E-state index in [4.69, 9.17) is 15.0 Å². The van der Waals surface area contributed by atoms with E-state index in [-0.39, 0.29) is 7.43 Å². The number of rotatable bonds is 6. The number of fused-ring (bicyclic) bond motifs is 3. The Bertz CT molecular complexity index is 2380. The Morgan fingerprint density at radius 2 is 0.640 bits per heavy atom.